The molecule has 242 valence electrons. The molecule has 0 bridgehead atoms. The Hall–Kier alpha value is -5.08. The summed E-state index contributed by atoms with van der Waals surface area (Å²) in [5, 5.41) is 11.2. The minimum absolute atomic E-state index is 0.0986. The molecule has 2 heterocycles. The van der Waals surface area contributed by atoms with Gasteiger partial charge in [-0.2, -0.15) is 0 Å². The molecule has 47 heavy (non-hydrogen) atoms. The van der Waals surface area contributed by atoms with Crippen LogP contribution in [0.3, 0.4) is 0 Å². The molecule has 4 aromatic carbocycles. The summed E-state index contributed by atoms with van der Waals surface area (Å²) in [7, 11) is 3.85. The third-order valence-electron chi connectivity index (χ3n) is 8.73. The van der Waals surface area contributed by atoms with Gasteiger partial charge in [0.25, 0.3) is 0 Å². The van der Waals surface area contributed by atoms with Crippen molar-refractivity contribution >= 4 is 39.7 Å². The number of piperidine rings is 1. The topological polar surface area (TPSA) is 87.8 Å². The molecule has 1 aromatic heterocycles. The third-order valence-corrected chi connectivity index (χ3v) is 8.73. The molecule has 8 nitrogen and oxygen atoms in total. The molecule has 5 aromatic rings. The molecule has 2 amide bonds. The summed E-state index contributed by atoms with van der Waals surface area (Å²) in [6.07, 6.45) is 3.82. The summed E-state index contributed by atoms with van der Waals surface area (Å²) in [5.41, 5.74) is 4.51. The van der Waals surface area contributed by atoms with Gasteiger partial charge in [-0.15, -0.1) is 0 Å². The molecule has 6 rings (SSSR count). The Kier molecular flexibility index (Phi) is 9.31. The maximum Gasteiger partial charge on any atom is 0.323 e. The highest BCUT2D eigenvalue weighted by Gasteiger charge is 2.27. The predicted octanol–water partition coefficient (Wildman–Crippen LogP) is 9.53. The van der Waals surface area contributed by atoms with Gasteiger partial charge in [-0.1, -0.05) is 69.3 Å². The Balaban J connectivity index is 1.24. The van der Waals surface area contributed by atoms with Crippen molar-refractivity contribution < 1.29 is 14.3 Å². The summed E-state index contributed by atoms with van der Waals surface area (Å²) in [6, 6.07) is 29.2. The van der Waals surface area contributed by atoms with Gasteiger partial charge in [0.1, 0.15) is 23.1 Å². The summed E-state index contributed by atoms with van der Waals surface area (Å²) in [4.78, 5) is 20.4. The van der Waals surface area contributed by atoms with Gasteiger partial charge in [0.05, 0.1) is 18.5 Å². The van der Waals surface area contributed by atoms with Crippen LogP contribution >= 0.6 is 0 Å². The number of nitrogens with zero attached hydrogens (tertiary/aromatic N) is 2. The second kappa shape index (κ2) is 13.7. The van der Waals surface area contributed by atoms with E-state index in [9.17, 15) is 4.79 Å². The number of carbonyl (C=O) groups excluding carboxylic acids is 1. The quantitative estimate of drug-likeness (QED) is 0.158. The molecule has 0 atom stereocenters. The normalized spacial score (nSPS) is 14.1. The van der Waals surface area contributed by atoms with Crippen molar-refractivity contribution in [3.05, 3.63) is 108 Å². The first kappa shape index (κ1) is 31.9. The van der Waals surface area contributed by atoms with Crippen molar-refractivity contribution in [2.75, 3.05) is 43.2 Å². The molecule has 0 radical (unpaired) electrons. The van der Waals surface area contributed by atoms with E-state index in [2.05, 4.69) is 59.7 Å². The van der Waals surface area contributed by atoms with Gasteiger partial charge in [-0.05, 0) is 91.8 Å². The van der Waals surface area contributed by atoms with Crippen LogP contribution in [0, 0.1) is 0 Å². The van der Waals surface area contributed by atoms with Crippen molar-refractivity contribution in [1.82, 2.24) is 9.88 Å². The number of methoxy groups -OCH3 is 1. The molecule has 1 saturated heterocycles. The smallest absolute Gasteiger partial charge is 0.323 e. The number of hydrogen-bond donors (Lipinski definition) is 3. The average Bonchev–Trinajstić information content (AvgIpc) is 3.06. The van der Waals surface area contributed by atoms with Gasteiger partial charge in [-0.25, -0.2) is 9.78 Å². The highest BCUT2D eigenvalue weighted by atomic mass is 16.5. The van der Waals surface area contributed by atoms with E-state index in [1.54, 1.807) is 13.3 Å². The van der Waals surface area contributed by atoms with Crippen molar-refractivity contribution in [3.8, 4) is 17.2 Å². The van der Waals surface area contributed by atoms with Crippen LogP contribution in [0.2, 0.25) is 0 Å². The van der Waals surface area contributed by atoms with Crippen LogP contribution in [0.25, 0.3) is 10.8 Å². The van der Waals surface area contributed by atoms with Crippen LogP contribution in [-0.2, 0) is 5.41 Å². The second-order valence-corrected chi connectivity index (χ2v) is 13.2. The molecule has 1 aliphatic rings. The minimum Gasteiger partial charge on any atom is -0.494 e. The Labute approximate surface area is 277 Å². The van der Waals surface area contributed by atoms with Crippen molar-refractivity contribution in [1.29, 1.82) is 0 Å². The van der Waals surface area contributed by atoms with Gasteiger partial charge in [-0.3, -0.25) is 0 Å². The van der Waals surface area contributed by atoms with Gasteiger partial charge < -0.3 is 30.3 Å². The standard InChI is InChI=1S/C39H43N5O3/c1-39(2,3)27-23-32(26-18-21-44(4)22-19-26)37(46-5)34(24-27)43-38(45)42-33-15-16-35(31-14-10-9-13-30(31)33)47-29-17-20-40-36(25-29)41-28-11-7-6-8-12-28/h6-17,20,23-26H,18-19,21-22H2,1-5H3,(H,40,41)(H2,42,43,45). The van der Waals surface area contributed by atoms with Crippen LogP contribution in [0.5, 0.6) is 17.2 Å². The highest BCUT2D eigenvalue weighted by molar-refractivity contribution is 6.08. The van der Waals surface area contributed by atoms with E-state index in [4.69, 9.17) is 9.47 Å². The van der Waals surface area contributed by atoms with E-state index in [0.29, 0.717) is 34.6 Å². The zero-order valence-corrected chi connectivity index (χ0v) is 27.8. The lowest BCUT2D eigenvalue weighted by atomic mass is 9.81. The number of carbonyl (C=O) groups is 1. The molecule has 8 heteroatoms. The number of rotatable bonds is 8. The zero-order chi connectivity index (χ0) is 33.0. The van der Waals surface area contributed by atoms with Crippen LogP contribution in [0.15, 0.2) is 97.2 Å². The van der Waals surface area contributed by atoms with Crippen LogP contribution < -0.4 is 25.4 Å². The van der Waals surface area contributed by atoms with Gasteiger partial charge in [0.2, 0.25) is 0 Å². The lowest BCUT2D eigenvalue weighted by Crippen LogP contribution is -2.29. The number of benzene rings is 4. The number of likely N-dealkylation sites (tertiary alicyclic amines) is 1. The van der Waals surface area contributed by atoms with E-state index < -0.39 is 0 Å². The van der Waals surface area contributed by atoms with E-state index in [1.165, 1.54) is 0 Å². The molecule has 0 spiro atoms. The van der Waals surface area contributed by atoms with Crippen LogP contribution in [0.4, 0.5) is 27.7 Å². The van der Waals surface area contributed by atoms with Crippen molar-refractivity contribution in [2.24, 2.45) is 0 Å². The fourth-order valence-electron chi connectivity index (χ4n) is 6.11. The van der Waals surface area contributed by atoms with E-state index in [0.717, 1.165) is 59.3 Å². The Morgan fingerprint density at radius 2 is 1.55 bits per heavy atom. The van der Waals surface area contributed by atoms with Crippen molar-refractivity contribution in [2.45, 2.75) is 44.9 Å². The largest absolute Gasteiger partial charge is 0.494 e. The Bertz CT molecular complexity index is 1860. The van der Waals surface area contributed by atoms with Gasteiger partial charge >= 0.3 is 6.03 Å². The lowest BCUT2D eigenvalue weighted by Gasteiger charge is -2.32. The third kappa shape index (κ3) is 7.50. The predicted molar refractivity (Wildman–Crippen MR) is 192 cm³/mol. The number of ether oxygens (including phenoxy) is 2. The maximum atomic E-state index is 13.6. The van der Waals surface area contributed by atoms with Gasteiger partial charge in [0.15, 0.2) is 0 Å². The molecular formula is C39H43N5O3. The second-order valence-electron chi connectivity index (χ2n) is 13.2. The highest BCUT2D eigenvalue weighted by Crippen LogP contribution is 2.42. The fraction of sp³-hybridized carbons (Fsp3) is 0.282. The summed E-state index contributed by atoms with van der Waals surface area (Å²) >= 11 is 0. The van der Waals surface area contributed by atoms with Crippen molar-refractivity contribution in [3.63, 3.8) is 0 Å². The molecular weight excluding hydrogens is 586 g/mol. The fourth-order valence-corrected chi connectivity index (χ4v) is 6.11. The first-order valence-electron chi connectivity index (χ1n) is 16.1. The summed E-state index contributed by atoms with van der Waals surface area (Å²) in [5.74, 6) is 3.10. The minimum atomic E-state index is -0.340. The first-order chi connectivity index (χ1) is 22.7. The number of pyridine rings is 1. The summed E-state index contributed by atoms with van der Waals surface area (Å²) < 4.78 is 12.3. The van der Waals surface area contributed by atoms with E-state index >= 15 is 0 Å². The van der Waals surface area contributed by atoms with E-state index in [-0.39, 0.29) is 11.4 Å². The molecule has 0 aliphatic carbocycles. The number of hydrogen-bond acceptors (Lipinski definition) is 6. The molecule has 1 aliphatic heterocycles. The Morgan fingerprint density at radius 3 is 2.28 bits per heavy atom. The van der Waals surface area contributed by atoms with E-state index in [1.807, 2.05) is 84.9 Å². The monoisotopic (exact) mass is 629 g/mol. The van der Waals surface area contributed by atoms with Crippen LogP contribution in [-0.4, -0.2) is 43.2 Å². The summed E-state index contributed by atoms with van der Waals surface area (Å²) in [6.45, 7) is 8.66. The number of urea groups is 1. The van der Waals surface area contributed by atoms with Gasteiger partial charge in [0, 0.05) is 28.7 Å². The Morgan fingerprint density at radius 1 is 0.851 bits per heavy atom. The number of fused-ring (bicyclic) bond motifs is 1. The molecule has 3 N–H and O–H groups in total. The average molecular weight is 630 g/mol. The van der Waals surface area contributed by atoms with Crippen LogP contribution in [0.1, 0.15) is 50.7 Å². The number of nitrogens with one attached hydrogen (secondary N) is 3. The number of amides is 2. The number of anilines is 4. The molecule has 0 saturated carbocycles. The first-order valence-corrected chi connectivity index (χ1v) is 16.1. The maximum absolute atomic E-state index is 13.6. The number of para-hydroxylation sites is 1. The lowest BCUT2D eigenvalue weighted by molar-refractivity contribution is 0.252. The zero-order valence-electron chi connectivity index (χ0n) is 27.8. The molecule has 1 fully saturated rings. The number of aromatic nitrogens is 1. The SMILES string of the molecule is COc1c(NC(=O)Nc2ccc(Oc3ccnc(Nc4ccccc4)c3)c3ccccc23)cc(C(C)(C)C)cc1C1CCN(C)CC1. The molecule has 0 unspecified atom stereocenters.